The number of benzene rings is 2. The summed E-state index contributed by atoms with van der Waals surface area (Å²) in [6.45, 7) is 5.31. The Bertz CT molecular complexity index is 863. The lowest BCUT2D eigenvalue weighted by atomic mass is 10.1. The van der Waals surface area contributed by atoms with Crippen LogP contribution in [0.15, 0.2) is 48.5 Å². The van der Waals surface area contributed by atoms with Gasteiger partial charge in [-0.2, -0.15) is 0 Å². The number of halogens is 1. The average Bonchev–Trinajstić information content (AvgIpc) is 2.99. The Morgan fingerprint density at radius 1 is 1.00 bits per heavy atom. The Labute approximate surface area is 164 Å². The number of hydrogen-bond acceptors (Lipinski definition) is 3. The molecule has 2 amide bonds. The second-order valence-corrected chi connectivity index (χ2v) is 7.60. The first kappa shape index (κ1) is 18.0. The highest BCUT2D eigenvalue weighted by Gasteiger charge is 2.46. The van der Waals surface area contributed by atoms with Gasteiger partial charge in [0.1, 0.15) is 0 Å². The fourth-order valence-electron chi connectivity index (χ4n) is 4.08. The van der Waals surface area contributed by atoms with Gasteiger partial charge in [-0.05, 0) is 36.8 Å². The van der Waals surface area contributed by atoms with Crippen molar-refractivity contribution >= 4 is 34.8 Å². The summed E-state index contributed by atoms with van der Waals surface area (Å²) >= 11 is 6.19. The summed E-state index contributed by atoms with van der Waals surface area (Å²) in [6, 6.07) is 15.4. The van der Waals surface area contributed by atoms with Crippen LogP contribution in [-0.4, -0.2) is 44.0 Å². The van der Waals surface area contributed by atoms with Crippen LogP contribution in [0.5, 0.6) is 0 Å². The molecule has 0 spiro atoms. The van der Waals surface area contributed by atoms with Crippen LogP contribution in [0.3, 0.4) is 0 Å². The molecular weight excluding hydrogens is 362 g/mol. The minimum atomic E-state index is -0.297. The van der Waals surface area contributed by atoms with Gasteiger partial charge >= 0.3 is 0 Å². The first-order valence-electron chi connectivity index (χ1n) is 9.33. The Hall–Kier alpha value is -2.37. The number of carbonyl (C=O) groups excluding carboxylic acids is 2. The van der Waals surface area contributed by atoms with Crippen LogP contribution < -0.4 is 14.7 Å². The standard InChI is InChI=1S/C21H22ClN3O2/c1-15-17(22)8-5-9-18(15)25-20(26)14-19(21(25)27)24-12-10-23(11-13-24)16-6-3-2-4-7-16/h2-9,19H,10-14H2,1H3/p+1/t19-/m1/s1. The van der Waals surface area contributed by atoms with Crippen molar-refractivity contribution in [2.75, 3.05) is 36.0 Å². The van der Waals surface area contributed by atoms with Gasteiger partial charge in [0.25, 0.3) is 5.91 Å². The Morgan fingerprint density at radius 2 is 1.70 bits per heavy atom. The molecule has 27 heavy (non-hydrogen) atoms. The third-order valence-corrected chi connectivity index (χ3v) is 6.06. The van der Waals surface area contributed by atoms with E-state index in [0.29, 0.717) is 10.7 Å². The summed E-state index contributed by atoms with van der Waals surface area (Å²) < 4.78 is 0. The molecule has 1 N–H and O–H groups in total. The molecule has 0 aromatic heterocycles. The molecule has 0 unspecified atom stereocenters. The van der Waals surface area contributed by atoms with Gasteiger partial charge in [-0.1, -0.05) is 35.9 Å². The molecule has 2 saturated heterocycles. The van der Waals surface area contributed by atoms with E-state index in [1.54, 1.807) is 18.2 Å². The zero-order chi connectivity index (χ0) is 19.0. The van der Waals surface area contributed by atoms with E-state index in [0.717, 1.165) is 31.7 Å². The van der Waals surface area contributed by atoms with Crippen molar-refractivity contribution in [2.45, 2.75) is 19.4 Å². The number of hydrogen-bond donors (Lipinski definition) is 1. The SMILES string of the molecule is Cc1c(Cl)cccc1N1C(=O)C[C@@H]([NH+]2CCN(c3ccccc3)CC2)C1=O. The minimum Gasteiger partial charge on any atom is -0.360 e. The molecule has 0 radical (unpaired) electrons. The van der Waals surface area contributed by atoms with Crippen LogP contribution >= 0.6 is 11.6 Å². The maximum atomic E-state index is 13.1. The van der Waals surface area contributed by atoms with E-state index in [-0.39, 0.29) is 24.3 Å². The lowest BCUT2D eigenvalue weighted by Crippen LogP contribution is -3.19. The van der Waals surface area contributed by atoms with Crippen LogP contribution in [0.25, 0.3) is 0 Å². The van der Waals surface area contributed by atoms with E-state index in [2.05, 4.69) is 17.0 Å². The van der Waals surface area contributed by atoms with Crippen LogP contribution in [0.1, 0.15) is 12.0 Å². The summed E-state index contributed by atoms with van der Waals surface area (Å²) in [6.07, 6.45) is 0.269. The fraction of sp³-hybridized carbons (Fsp3) is 0.333. The zero-order valence-electron chi connectivity index (χ0n) is 15.3. The minimum absolute atomic E-state index is 0.103. The van der Waals surface area contributed by atoms with Gasteiger partial charge < -0.3 is 9.80 Å². The monoisotopic (exact) mass is 384 g/mol. The Morgan fingerprint density at radius 3 is 2.41 bits per heavy atom. The molecule has 1 atom stereocenters. The highest BCUT2D eigenvalue weighted by atomic mass is 35.5. The van der Waals surface area contributed by atoms with Crippen molar-refractivity contribution in [2.24, 2.45) is 0 Å². The predicted molar refractivity (Wildman–Crippen MR) is 106 cm³/mol. The molecule has 2 aromatic carbocycles. The summed E-state index contributed by atoms with van der Waals surface area (Å²) in [7, 11) is 0. The molecule has 0 saturated carbocycles. The van der Waals surface area contributed by atoms with E-state index >= 15 is 0 Å². The van der Waals surface area contributed by atoms with E-state index < -0.39 is 0 Å². The summed E-state index contributed by atoms with van der Waals surface area (Å²) in [5, 5.41) is 0.570. The molecule has 2 aliphatic heterocycles. The average molecular weight is 385 g/mol. The topological polar surface area (TPSA) is 45.1 Å². The number of quaternary nitrogens is 1. The summed E-state index contributed by atoms with van der Waals surface area (Å²) in [5.41, 5.74) is 2.59. The third kappa shape index (κ3) is 3.33. The highest BCUT2D eigenvalue weighted by molar-refractivity contribution is 6.32. The Kier molecular flexibility index (Phi) is 4.89. The Balaban J connectivity index is 1.48. The highest BCUT2D eigenvalue weighted by Crippen LogP contribution is 2.30. The molecule has 2 aliphatic rings. The number of amides is 2. The molecule has 2 aromatic rings. The van der Waals surface area contributed by atoms with Crippen LogP contribution in [-0.2, 0) is 9.59 Å². The summed E-state index contributed by atoms with van der Waals surface area (Å²) in [5.74, 6) is -0.234. The van der Waals surface area contributed by atoms with E-state index in [9.17, 15) is 9.59 Å². The van der Waals surface area contributed by atoms with Gasteiger partial charge in [0, 0.05) is 10.7 Å². The smallest absolute Gasteiger partial charge is 0.292 e. The van der Waals surface area contributed by atoms with Gasteiger partial charge in [0.05, 0.1) is 38.3 Å². The van der Waals surface area contributed by atoms with E-state index in [1.807, 2.05) is 25.1 Å². The second kappa shape index (κ2) is 7.33. The lowest BCUT2D eigenvalue weighted by Gasteiger charge is -2.35. The van der Waals surface area contributed by atoms with Gasteiger partial charge in [-0.3, -0.25) is 9.59 Å². The second-order valence-electron chi connectivity index (χ2n) is 7.19. The number of rotatable bonds is 3. The zero-order valence-corrected chi connectivity index (χ0v) is 16.1. The van der Waals surface area contributed by atoms with E-state index in [4.69, 9.17) is 11.6 Å². The maximum Gasteiger partial charge on any atom is 0.292 e. The van der Waals surface area contributed by atoms with Crippen LogP contribution in [0.2, 0.25) is 5.02 Å². The molecule has 6 heteroatoms. The number of carbonyl (C=O) groups is 2. The lowest BCUT2D eigenvalue weighted by molar-refractivity contribution is -0.915. The van der Waals surface area contributed by atoms with Gasteiger partial charge in [-0.25, -0.2) is 4.90 Å². The molecule has 0 bridgehead atoms. The third-order valence-electron chi connectivity index (χ3n) is 5.65. The van der Waals surface area contributed by atoms with Crippen molar-refractivity contribution in [3.8, 4) is 0 Å². The molecule has 2 heterocycles. The van der Waals surface area contributed by atoms with Gasteiger partial charge in [0.15, 0.2) is 6.04 Å². The van der Waals surface area contributed by atoms with Gasteiger partial charge in [0.2, 0.25) is 5.91 Å². The van der Waals surface area contributed by atoms with Crippen molar-refractivity contribution in [1.29, 1.82) is 0 Å². The van der Waals surface area contributed by atoms with Crippen LogP contribution in [0, 0.1) is 6.92 Å². The number of piperazine rings is 1. The molecule has 4 rings (SSSR count). The number of nitrogens with zero attached hydrogens (tertiary/aromatic N) is 2. The van der Waals surface area contributed by atoms with Gasteiger partial charge in [-0.15, -0.1) is 0 Å². The number of nitrogens with one attached hydrogen (secondary N) is 1. The number of para-hydroxylation sites is 1. The molecule has 0 aliphatic carbocycles. The van der Waals surface area contributed by atoms with Crippen molar-refractivity contribution in [3.05, 3.63) is 59.1 Å². The van der Waals surface area contributed by atoms with Crippen molar-refractivity contribution in [3.63, 3.8) is 0 Å². The maximum absolute atomic E-state index is 13.1. The normalized spacial score (nSPS) is 21.2. The number of imide groups is 1. The largest absolute Gasteiger partial charge is 0.360 e. The predicted octanol–water partition coefficient (Wildman–Crippen LogP) is 1.69. The fourth-order valence-corrected chi connectivity index (χ4v) is 4.25. The van der Waals surface area contributed by atoms with E-state index in [1.165, 1.54) is 15.5 Å². The van der Waals surface area contributed by atoms with Crippen molar-refractivity contribution < 1.29 is 14.5 Å². The quantitative estimate of drug-likeness (QED) is 0.819. The first-order chi connectivity index (χ1) is 13.1. The van der Waals surface area contributed by atoms with Crippen LogP contribution in [0.4, 0.5) is 11.4 Å². The number of anilines is 2. The summed E-state index contributed by atoms with van der Waals surface area (Å²) in [4.78, 5) is 30.6. The molecule has 5 nitrogen and oxygen atoms in total. The van der Waals surface area contributed by atoms with Crippen molar-refractivity contribution in [1.82, 2.24) is 0 Å². The first-order valence-corrected chi connectivity index (χ1v) is 9.70. The molecule has 140 valence electrons. The molecule has 2 fully saturated rings. The molecular formula is C21H23ClN3O2+.